The van der Waals surface area contributed by atoms with Gasteiger partial charge in [-0.3, -0.25) is 4.79 Å². The van der Waals surface area contributed by atoms with Crippen LogP contribution in [0.25, 0.3) is 0 Å². The van der Waals surface area contributed by atoms with Crippen LogP contribution < -0.4 is 4.74 Å². The lowest BCUT2D eigenvalue weighted by atomic mass is 10.0. The summed E-state index contributed by atoms with van der Waals surface area (Å²) < 4.78 is 45.7. The molecule has 178 valence electrons. The molecule has 0 aromatic heterocycles. The number of sulfonamides is 1. The molecule has 32 heavy (non-hydrogen) atoms. The number of ether oxygens (including phenoxy) is 3. The molecular formula is C23H33NO7S. The summed E-state index contributed by atoms with van der Waals surface area (Å²) in [5.41, 5.74) is 0.152. The molecule has 0 radical (unpaired) electrons. The molecular weight excluding hydrogens is 434 g/mol. The first-order valence-corrected chi connectivity index (χ1v) is 12.5. The second-order valence-electron chi connectivity index (χ2n) is 9.46. The van der Waals surface area contributed by atoms with Crippen molar-refractivity contribution >= 4 is 22.3 Å². The van der Waals surface area contributed by atoms with E-state index in [1.807, 2.05) is 6.92 Å². The van der Waals surface area contributed by atoms with Crippen molar-refractivity contribution in [3.05, 3.63) is 23.8 Å². The van der Waals surface area contributed by atoms with Crippen LogP contribution in [0, 0.1) is 12.8 Å². The minimum Gasteiger partial charge on any atom is -0.486 e. The van der Waals surface area contributed by atoms with Crippen molar-refractivity contribution in [2.45, 2.75) is 76.0 Å². The van der Waals surface area contributed by atoms with Crippen LogP contribution >= 0.6 is 0 Å². The average molecular weight is 468 g/mol. The van der Waals surface area contributed by atoms with Gasteiger partial charge in [-0.1, -0.05) is 6.07 Å². The minimum absolute atomic E-state index is 0.0116. The predicted octanol–water partition coefficient (Wildman–Crippen LogP) is 2.86. The van der Waals surface area contributed by atoms with Gasteiger partial charge in [-0.2, -0.15) is 4.31 Å². The number of aryl methyl sites for hydroxylation is 1. The Morgan fingerprint density at radius 2 is 2.03 bits per heavy atom. The predicted molar refractivity (Wildman–Crippen MR) is 118 cm³/mol. The molecule has 1 aromatic rings. The SMILES string of the molecule is Cc1ccc(S(=O)(=O)N2CCC[C@H]2C(=O)OC(C)(C)C)c(O[C@H]2COC[C@H]2CCC=O)c1. The zero-order chi connectivity index (χ0) is 23.5. The fourth-order valence-electron chi connectivity index (χ4n) is 4.10. The van der Waals surface area contributed by atoms with E-state index in [0.29, 0.717) is 38.9 Å². The van der Waals surface area contributed by atoms with E-state index in [9.17, 15) is 18.0 Å². The van der Waals surface area contributed by atoms with E-state index in [1.54, 1.807) is 32.9 Å². The Kier molecular flexibility index (Phi) is 7.62. The van der Waals surface area contributed by atoms with E-state index in [0.717, 1.165) is 11.8 Å². The highest BCUT2D eigenvalue weighted by molar-refractivity contribution is 7.89. The van der Waals surface area contributed by atoms with Crippen molar-refractivity contribution < 1.29 is 32.2 Å². The summed E-state index contributed by atoms with van der Waals surface area (Å²) in [7, 11) is -4.00. The molecule has 9 heteroatoms. The Balaban J connectivity index is 1.88. The molecule has 0 spiro atoms. The molecule has 3 atom stereocenters. The average Bonchev–Trinajstić information content (AvgIpc) is 3.35. The van der Waals surface area contributed by atoms with Gasteiger partial charge in [0.25, 0.3) is 0 Å². The molecule has 2 aliphatic rings. The Morgan fingerprint density at radius 3 is 2.72 bits per heavy atom. The standard InChI is InChI=1S/C23H33NO7S/c1-16-9-10-21(19(13-16)30-20-15-29-14-17(20)7-6-12-25)32(27,28)24-11-5-8-18(24)22(26)31-23(2,3)4/h9-10,12-13,17-18,20H,5-8,11,14-15H2,1-4H3/t17-,18+,20+/m1/s1. The third-order valence-electron chi connectivity index (χ3n) is 5.64. The van der Waals surface area contributed by atoms with E-state index < -0.39 is 27.6 Å². The lowest BCUT2D eigenvalue weighted by Gasteiger charge is -2.28. The molecule has 1 aromatic carbocycles. The van der Waals surface area contributed by atoms with Crippen LogP contribution in [0.3, 0.4) is 0 Å². The van der Waals surface area contributed by atoms with Gasteiger partial charge in [0.2, 0.25) is 10.0 Å². The van der Waals surface area contributed by atoms with Gasteiger partial charge < -0.3 is 19.0 Å². The van der Waals surface area contributed by atoms with E-state index >= 15 is 0 Å². The van der Waals surface area contributed by atoms with Crippen molar-refractivity contribution in [3.8, 4) is 5.75 Å². The van der Waals surface area contributed by atoms with Gasteiger partial charge in [0.1, 0.15) is 34.7 Å². The molecule has 2 saturated heterocycles. The Hall–Kier alpha value is -1.97. The lowest BCUT2D eigenvalue weighted by molar-refractivity contribution is -0.158. The van der Waals surface area contributed by atoms with Crippen LogP contribution in [0.5, 0.6) is 5.75 Å². The van der Waals surface area contributed by atoms with E-state index in [2.05, 4.69) is 0 Å². The van der Waals surface area contributed by atoms with Crippen molar-refractivity contribution in [2.24, 2.45) is 5.92 Å². The first-order valence-electron chi connectivity index (χ1n) is 11.1. The van der Waals surface area contributed by atoms with Gasteiger partial charge >= 0.3 is 5.97 Å². The highest BCUT2D eigenvalue weighted by Crippen LogP contribution is 2.35. The largest absolute Gasteiger partial charge is 0.486 e. The molecule has 0 N–H and O–H groups in total. The fraction of sp³-hybridized carbons (Fsp3) is 0.652. The summed E-state index contributed by atoms with van der Waals surface area (Å²) in [6, 6.07) is 4.08. The van der Waals surface area contributed by atoms with Crippen LogP contribution in [0.1, 0.15) is 52.0 Å². The number of nitrogens with zero attached hydrogens (tertiary/aromatic N) is 1. The molecule has 8 nitrogen and oxygen atoms in total. The number of carbonyl (C=O) groups is 2. The summed E-state index contributed by atoms with van der Waals surface area (Å²) >= 11 is 0. The quantitative estimate of drug-likeness (QED) is 0.428. The van der Waals surface area contributed by atoms with E-state index in [-0.39, 0.29) is 29.2 Å². The number of benzene rings is 1. The number of hydrogen-bond donors (Lipinski definition) is 0. The molecule has 2 aliphatic heterocycles. The topological polar surface area (TPSA) is 99.2 Å². The molecule has 2 heterocycles. The highest BCUT2D eigenvalue weighted by Gasteiger charge is 2.43. The van der Waals surface area contributed by atoms with E-state index in [1.165, 1.54) is 10.4 Å². The zero-order valence-electron chi connectivity index (χ0n) is 19.2. The molecule has 0 amide bonds. The van der Waals surface area contributed by atoms with Gasteiger partial charge in [-0.15, -0.1) is 0 Å². The molecule has 0 unspecified atom stereocenters. The summed E-state index contributed by atoms with van der Waals surface area (Å²) in [4.78, 5) is 23.5. The van der Waals surface area contributed by atoms with Crippen LogP contribution in [0.4, 0.5) is 0 Å². The third-order valence-corrected chi connectivity index (χ3v) is 7.59. The van der Waals surface area contributed by atoms with E-state index in [4.69, 9.17) is 14.2 Å². The van der Waals surface area contributed by atoms with Gasteiger partial charge in [0.15, 0.2) is 0 Å². The molecule has 2 fully saturated rings. The normalized spacial score (nSPS) is 24.4. The molecule has 0 aliphatic carbocycles. The number of carbonyl (C=O) groups excluding carboxylic acids is 2. The fourth-order valence-corrected chi connectivity index (χ4v) is 5.85. The Labute approximate surface area is 190 Å². The molecule has 0 saturated carbocycles. The third kappa shape index (κ3) is 5.68. The van der Waals surface area contributed by atoms with Crippen LogP contribution in [-0.2, 0) is 29.1 Å². The first-order chi connectivity index (χ1) is 15.0. The number of esters is 1. The number of rotatable bonds is 8. The Bertz CT molecular complexity index is 938. The van der Waals surface area contributed by atoms with Crippen molar-refractivity contribution in [1.82, 2.24) is 4.31 Å². The lowest BCUT2D eigenvalue weighted by Crippen LogP contribution is -2.43. The monoisotopic (exact) mass is 467 g/mol. The van der Waals surface area contributed by atoms with Crippen LogP contribution in [0.2, 0.25) is 0 Å². The maximum atomic E-state index is 13.6. The smallest absolute Gasteiger partial charge is 0.324 e. The zero-order valence-corrected chi connectivity index (χ0v) is 20.0. The first kappa shape index (κ1) is 24.7. The highest BCUT2D eigenvalue weighted by atomic mass is 32.2. The van der Waals surface area contributed by atoms with Crippen molar-refractivity contribution in [2.75, 3.05) is 19.8 Å². The van der Waals surface area contributed by atoms with Gasteiger partial charge in [-0.25, -0.2) is 8.42 Å². The van der Waals surface area contributed by atoms with Gasteiger partial charge in [-0.05, 0) is 64.7 Å². The van der Waals surface area contributed by atoms with Crippen LogP contribution in [-0.4, -0.2) is 62.5 Å². The second-order valence-corrected chi connectivity index (χ2v) is 11.3. The van der Waals surface area contributed by atoms with Gasteiger partial charge in [0, 0.05) is 18.9 Å². The maximum absolute atomic E-state index is 13.6. The summed E-state index contributed by atoms with van der Waals surface area (Å²) in [6.45, 7) is 8.19. The Morgan fingerprint density at radius 1 is 1.28 bits per heavy atom. The van der Waals surface area contributed by atoms with Crippen molar-refractivity contribution in [1.29, 1.82) is 0 Å². The number of aldehydes is 1. The number of hydrogen-bond acceptors (Lipinski definition) is 7. The molecule has 3 rings (SSSR count). The minimum atomic E-state index is -4.00. The van der Waals surface area contributed by atoms with Gasteiger partial charge in [0.05, 0.1) is 13.2 Å². The summed E-state index contributed by atoms with van der Waals surface area (Å²) in [5, 5.41) is 0. The summed E-state index contributed by atoms with van der Waals surface area (Å²) in [6.07, 6.45) is 2.54. The maximum Gasteiger partial charge on any atom is 0.324 e. The van der Waals surface area contributed by atoms with Crippen LogP contribution in [0.15, 0.2) is 23.1 Å². The second kappa shape index (κ2) is 9.89. The van der Waals surface area contributed by atoms with Crippen molar-refractivity contribution in [3.63, 3.8) is 0 Å². The summed E-state index contributed by atoms with van der Waals surface area (Å²) in [5.74, 6) is -0.282. The molecule has 0 bridgehead atoms.